The minimum absolute atomic E-state index is 0.626. The van der Waals surface area contributed by atoms with Crippen LogP contribution in [0.2, 0.25) is 0 Å². The Morgan fingerprint density at radius 1 is 1.18 bits per heavy atom. The van der Waals surface area contributed by atoms with Crippen molar-refractivity contribution in [2.45, 2.75) is 20.4 Å². The summed E-state index contributed by atoms with van der Waals surface area (Å²) < 4.78 is 0. The molecule has 2 rings (SSSR count). The van der Waals surface area contributed by atoms with Crippen LogP contribution in [0.1, 0.15) is 17.0 Å². The quantitative estimate of drug-likeness (QED) is 0.791. The Bertz CT molecular complexity index is 505. The number of nitrogens with one attached hydrogen (secondary N) is 1. The van der Waals surface area contributed by atoms with Gasteiger partial charge in [0.25, 0.3) is 0 Å². The van der Waals surface area contributed by atoms with E-state index in [0.29, 0.717) is 6.54 Å². The Morgan fingerprint density at radius 2 is 2.00 bits per heavy atom. The predicted molar refractivity (Wildman–Crippen MR) is 69.7 cm³/mol. The van der Waals surface area contributed by atoms with Gasteiger partial charge in [0.15, 0.2) is 0 Å². The Labute approximate surface area is 101 Å². The number of nitrogen functional groups attached to an aromatic ring is 1. The highest BCUT2D eigenvalue weighted by atomic mass is 14.9. The van der Waals surface area contributed by atoms with Crippen LogP contribution < -0.4 is 11.1 Å². The minimum atomic E-state index is 0.626. The number of nitrogens with two attached hydrogens (primary N) is 1. The van der Waals surface area contributed by atoms with Crippen LogP contribution in [0.3, 0.4) is 0 Å². The zero-order valence-electron chi connectivity index (χ0n) is 10.1. The van der Waals surface area contributed by atoms with E-state index < -0.39 is 0 Å². The van der Waals surface area contributed by atoms with Crippen molar-refractivity contribution in [1.29, 1.82) is 0 Å². The lowest BCUT2D eigenvalue weighted by atomic mass is 10.2. The van der Waals surface area contributed by atoms with E-state index in [2.05, 4.69) is 15.3 Å². The second-order valence-corrected chi connectivity index (χ2v) is 4.09. The summed E-state index contributed by atoms with van der Waals surface area (Å²) in [5.74, 6) is 0. The Morgan fingerprint density at radius 3 is 2.71 bits per heavy atom. The van der Waals surface area contributed by atoms with Crippen molar-refractivity contribution in [3.63, 3.8) is 0 Å². The van der Waals surface area contributed by atoms with Gasteiger partial charge in [-0.2, -0.15) is 0 Å². The fourth-order valence-corrected chi connectivity index (χ4v) is 1.52. The van der Waals surface area contributed by atoms with Crippen LogP contribution in [0.25, 0.3) is 0 Å². The number of aromatic nitrogens is 2. The highest BCUT2D eigenvalue weighted by molar-refractivity contribution is 5.66. The summed E-state index contributed by atoms with van der Waals surface area (Å²) in [6.45, 7) is 4.58. The average molecular weight is 228 g/mol. The first-order valence-electron chi connectivity index (χ1n) is 5.52. The molecule has 0 spiro atoms. The van der Waals surface area contributed by atoms with Gasteiger partial charge in [0.2, 0.25) is 0 Å². The summed E-state index contributed by atoms with van der Waals surface area (Å²) in [7, 11) is 0. The van der Waals surface area contributed by atoms with E-state index >= 15 is 0 Å². The van der Waals surface area contributed by atoms with Gasteiger partial charge in [-0.05, 0) is 31.5 Å². The fraction of sp³-hybridized carbons (Fsp3) is 0.231. The molecule has 0 atom stereocenters. The number of rotatable bonds is 3. The second kappa shape index (κ2) is 4.82. The van der Waals surface area contributed by atoms with E-state index in [-0.39, 0.29) is 0 Å². The minimum Gasteiger partial charge on any atom is -0.397 e. The summed E-state index contributed by atoms with van der Waals surface area (Å²) in [6, 6.07) is 5.92. The maximum atomic E-state index is 5.88. The van der Waals surface area contributed by atoms with Crippen LogP contribution in [0.4, 0.5) is 11.4 Å². The van der Waals surface area contributed by atoms with Crippen molar-refractivity contribution in [3.05, 3.63) is 47.5 Å². The van der Waals surface area contributed by atoms with E-state index in [9.17, 15) is 0 Å². The number of hydrogen-bond acceptors (Lipinski definition) is 4. The molecule has 0 fully saturated rings. The summed E-state index contributed by atoms with van der Waals surface area (Å²) in [6.07, 6.45) is 3.53. The van der Waals surface area contributed by atoms with Crippen molar-refractivity contribution in [1.82, 2.24) is 9.97 Å². The number of aryl methyl sites for hydroxylation is 2. The van der Waals surface area contributed by atoms with Gasteiger partial charge in [-0.15, -0.1) is 0 Å². The molecule has 0 radical (unpaired) electrons. The molecule has 0 bridgehead atoms. The molecule has 2 aromatic rings. The molecule has 1 aromatic heterocycles. The maximum Gasteiger partial charge on any atom is 0.0777 e. The molecule has 4 heteroatoms. The van der Waals surface area contributed by atoms with E-state index in [0.717, 1.165) is 22.8 Å². The monoisotopic (exact) mass is 228 g/mol. The summed E-state index contributed by atoms with van der Waals surface area (Å²) in [5, 5.41) is 3.26. The predicted octanol–water partition coefficient (Wildman–Crippen LogP) is 2.29. The number of nitrogens with zero attached hydrogens (tertiary/aromatic N) is 2. The van der Waals surface area contributed by atoms with Crippen LogP contribution in [0, 0.1) is 13.8 Å². The van der Waals surface area contributed by atoms with Gasteiger partial charge < -0.3 is 11.1 Å². The Balaban J connectivity index is 2.07. The molecule has 4 nitrogen and oxygen atoms in total. The van der Waals surface area contributed by atoms with E-state index in [4.69, 9.17) is 5.73 Å². The summed E-state index contributed by atoms with van der Waals surface area (Å²) in [4.78, 5) is 8.48. The van der Waals surface area contributed by atoms with Crippen molar-refractivity contribution >= 4 is 11.4 Å². The van der Waals surface area contributed by atoms with Gasteiger partial charge in [-0.1, -0.05) is 6.07 Å². The van der Waals surface area contributed by atoms with Crippen LogP contribution in [-0.4, -0.2) is 9.97 Å². The third kappa shape index (κ3) is 2.93. The lowest BCUT2D eigenvalue weighted by Crippen LogP contribution is -2.05. The van der Waals surface area contributed by atoms with Gasteiger partial charge in [0.1, 0.15) is 0 Å². The first-order chi connectivity index (χ1) is 8.15. The zero-order chi connectivity index (χ0) is 12.3. The van der Waals surface area contributed by atoms with Crippen molar-refractivity contribution in [3.8, 4) is 0 Å². The van der Waals surface area contributed by atoms with Crippen LogP contribution >= 0.6 is 0 Å². The van der Waals surface area contributed by atoms with Gasteiger partial charge in [0.05, 0.1) is 35.5 Å². The number of anilines is 2. The Kier molecular flexibility index (Phi) is 3.23. The summed E-state index contributed by atoms with van der Waals surface area (Å²) >= 11 is 0. The van der Waals surface area contributed by atoms with Gasteiger partial charge in [-0.25, -0.2) is 0 Å². The molecule has 0 amide bonds. The normalized spacial score (nSPS) is 10.2. The average Bonchev–Trinajstić information content (AvgIpc) is 2.32. The maximum absolute atomic E-state index is 5.88. The van der Waals surface area contributed by atoms with Gasteiger partial charge in [0, 0.05) is 6.20 Å². The summed E-state index contributed by atoms with van der Waals surface area (Å²) in [5.41, 5.74) is 10.6. The highest BCUT2D eigenvalue weighted by Gasteiger charge is 2.00. The number of hydrogen-bond donors (Lipinski definition) is 2. The molecule has 1 aromatic carbocycles. The molecule has 0 aliphatic heterocycles. The highest BCUT2D eigenvalue weighted by Crippen LogP contribution is 2.19. The largest absolute Gasteiger partial charge is 0.397 e. The van der Waals surface area contributed by atoms with E-state index in [1.54, 1.807) is 12.4 Å². The molecule has 3 N–H and O–H groups in total. The Hall–Kier alpha value is -2.10. The zero-order valence-corrected chi connectivity index (χ0v) is 10.1. The SMILES string of the molecule is Cc1ccc(N)c(NCc2cnc(C)cn2)c1. The first-order valence-corrected chi connectivity index (χ1v) is 5.52. The van der Waals surface area contributed by atoms with E-state index in [1.165, 1.54) is 5.56 Å². The molecule has 0 aliphatic rings. The van der Waals surface area contributed by atoms with Crippen LogP contribution in [0.15, 0.2) is 30.6 Å². The first kappa shape index (κ1) is 11.4. The lowest BCUT2D eigenvalue weighted by molar-refractivity contribution is 0.984. The standard InChI is InChI=1S/C13H16N4/c1-9-3-4-12(14)13(5-9)17-8-11-7-15-10(2)6-16-11/h3-7,17H,8,14H2,1-2H3. The van der Waals surface area contributed by atoms with Gasteiger partial charge >= 0.3 is 0 Å². The smallest absolute Gasteiger partial charge is 0.0777 e. The molecule has 1 heterocycles. The van der Waals surface area contributed by atoms with Crippen molar-refractivity contribution < 1.29 is 0 Å². The number of benzene rings is 1. The van der Waals surface area contributed by atoms with Crippen molar-refractivity contribution in [2.24, 2.45) is 0 Å². The van der Waals surface area contributed by atoms with E-state index in [1.807, 2.05) is 32.0 Å². The van der Waals surface area contributed by atoms with Crippen LogP contribution in [0.5, 0.6) is 0 Å². The third-order valence-corrected chi connectivity index (χ3v) is 2.50. The third-order valence-electron chi connectivity index (χ3n) is 2.50. The molecular weight excluding hydrogens is 212 g/mol. The van der Waals surface area contributed by atoms with Gasteiger partial charge in [-0.3, -0.25) is 9.97 Å². The van der Waals surface area contributed by atoms with Crippen molar-refractivity contribution in [2.75, 3.05) is 11.1 Å². The molecule has 0 unspecified atom stereocenters. The molecular formula is C13H16N4. The topological polar surface area (TPSA) is 63.8 Å². The second-order valence-electron chi connectivity index (χ2n) is 4.09. The molecule has 0 aliphatic carbocycles. The van der Waals surface area contributed by atoms with Crippen LogP contribution in [-0.2, 0) is 6.54 Å². The molecule has 0 saturated heterocycles. The molecule has 0 saturated carbocycles. The molecule has 88 valence electrons. The molecule has 17 heavy (non-hydrogen) atoms. The fourth-order valence-electron chi connectivity index (χ4n) is 1.52. The lowest BCUT2D eigenvalue weighted by Gasteiger charge is -2.09.